The molecule has 1 N–H and O–H groups in total. The van der Waals surface area contributed by atoms with Crippen LogP contribution in [0.4, 0.5) is 5.69 Å². The van der Waals surface area contributed by atoms with E-state index in [9.17, 15) is 0 Å². The Morgan fingerprint density at radius 2 is 1.61 bits per heavy atom. The standard InChI is InChI=1S/C29H33NO3/c1-4-5-18-31-28-27(32-21-23-14-10-7-11-15-23)25-19-24(16-17-26(25)33-29(28,2)3)30-20-22-12-8-6-9-13-22/h4-17,19,27-28,30H,18,20-21H2,1-3H3/b5-4+. The van der Waals surface area contributed by atoms with Crippen molar-refractivity contribution in [1.29, 1.82) is 0 Å². The quantitative estimate of drug-likeness (QED) is 0.374. The zero-order chi connectivity index (χ0) is 23.1. The first kappa shape index (κ1) is 23.1. The van der Waals surface area contributed by atoms with Crippen LogP contribution in [0.5, 0.6) is 5.75 Å². The molecular weight excluding hydrogens is 410 g/mol. The highest BCUT2D eigenvalue weighted by atomic mass is 16.6. The van der Waals surface area contributed by atoms with Gasteiger partial charge in [-0.25, -0.2) is 0 Å². The first-order valence-electron chi connectivity index (χ1n) is 11.6. The second-order valence-electron chi connectivity index (χ2n) is 8.84. The number of fused-ring (bicyclic) bond motifs is 1. The molecular formula is C29H33NO3. The van der Waals surface area contributed by atoms with Crippen molar-refractivity contribution in [2.75, 3.05) is 11.9 Å². The van der Waals surface area contributed by atoms with Crippen molar-refractivity contribution in [3.63, 3.8) is 0 Å². The minimum atomic E-state index is -0.533. The predicted octanol–water partition coefficient (Wildman–Crippen LogP) is 6.69. The van der Waals surface area contributed by atoms with Gasteiger partial charge >= 0.3 is 0 Å². The van der Waals surface area contributed by atoms with Crippen LogP contribution in [0.2, 0.25) is 0 Å². The Morgan fingerprint density at radius 3 is 2.30 bits per heavy atom. The van der Waals surface area contributed by atoms with Crippen LogP contribution in [0.1, 0.15) is 43.6 Å². The molecule has 2 unspecified atom stereocenters. The lowest BCUT2D eigenvalue weighted by atomic mass is 9.87. The molecule has 3 aromatic rings. The Hall–Kier alpha value is -3.08. The average molecular weight is 444 g/mol. The van der Waals surface area contributed by atoms with Gasteiger partial charge in [0.25, 0.3) is 0 Å². The summed E-state index contributed by atoms with van der Waals surface area (Å²) in [7, 11) is 0. The van der Waals surface area contributed by atoms with Gasteiger partial charge in [-0.05, 0) is 50.1 Å². The number of ether oxygens (including phenoxy) is 3. The summed E-state index contributed by atoms with van der Waals surface area (Å²) < 4.78 is 19.2. The zero-order valence-electron chi connectivity index (χ0n) is 19.7. The molecule has 0 amide bonds. The number of allylic oxidation sites excluding steroid dienone is 1. The summed E-state index contributed by atoms with van der Waals surface area (Å²) in [6.45, 7) is 7.90. The van der Waals surface area contributed by atoms with Crippen LogP contribution in [0.15, 0.2) is 91.0 Å². The summed E-state index contributed by atoms with van der Waals surface area (Å²) in [6.07, 6.45) is 3.50. The number of hydrogen-bond acceptors (Lipinski definition) is 4. The van der Waals surface area contributed by atoms with Crippen molar-refractivity contribution in [2.45, 2.75) is 51.7 Å². The van der Waals surface area contributed by atoms with E-state index in [1.165, 1.54) is 5.56 Å². The topological polar surface area (TPSA) is 39.7 Å². The van der Waals surface area contributed by atoms with Gasteiger partial charge in [-0.1, -0.05) is 72.8 Å². The number of benzene rings is 3. The number of nitrogens with one attached hydrogen (secondary N) is 1. The highest BCUT2D eigenvalue weighted by Crippen LogP contribution is 2.44. The lowest BCUT2D eigenvalue weighted by molar-refractivity contribution is -0.161. The summed E-state index contributed by atoms with van der Waals surface area (Å²) in [4.78, 5) is 0. The Bertz CT molecular complexity index is 1050. The number of rotatable bonds is 9. The van der Waals surface area contributed by atoms with Crippen molar-refractivity contribution >= 4 is 5.69 Å². The fourth-order valence-electron chi connectivity index (χ4n) is 4.12. The molecule has 0 radical (unpaired) electrons. The third kappa shape index (κ3) is 5.84. The second-order valence-corrected chi connectivity index (χ2v) is 8.84. The van der Waals surface area contributed by atoms with E-state index in [0.29, 0.717) is 13.2 Å². The van der Waals surface area contributed by atoms with Crippen LogP contribution in [0.3, 0.4) is 0 Å². The van der Waals surface area contributed by atoms with Crippen LogP contribution in [-0.4, -0.2) is 18.3 Å². The monoisotopic (exact) mass is 443 g/mol. The van der Waals surface area contributed by atoms with E-state index >= 15 is 0 Å². The molecule has 4 heteroatoms. The molecule has 0 saturated carbocycles. The van der Waals surface area contributed by atoms with E-state index in [0.717, 1.165) is 29.1 Å². The third-order valence-electron chi connectivity index (χ3n) is 5.87. The summed E-state index contributed by atoms with van der Waals surface area (Å²) in [5.41, 5.74) is 3.87. The second kappa shape index (κ2) is 10.7. The van der Waals surface area contributed by atoms with E-state index in [2.05, 4.69) is 67.7 Å². The molecule has 0 saturated heterocycles. The first-order chi connectivity index (χ1) is 16.1. The predicted molar refractivity (Wildman–Crippen MR) is 133 cm³/mol. The van der Waals surface area contributed by atoms with Crippen molar-refractivity contribution in [3.05, 3.63) is 108 Å². The fraction of sp³-hybridized carbons (Fsp3) is 0.310. The molecule has 0 aliphatic carbocycles. The first-order valence-corrected chi connectivity index (χ1v) is 11.6. The van der Waals surface area contributed by atoms with Gasteiger partial charge < -0.3 is 19.5 Å². The molecule has 0 aromatic heterocycles. The van der Waals surface area contributed by atoms with Crippen LogP contribution in [0, 0.1) is 0 Å². The van der Waals surface area contributed by atoms with Crippen LogP contribution >= 0.6 is 0 Å². The summed E-state index contributed by atoms with van der Waals surface area (Å²) in [6, 6.07) is 26.9. The smallest absolute Gasteiger partial charge is 0.132 e. The highest BCUT2D eigenvalue weighted by Gasteiger charge is 2.45. The molecule has 0 spiro atoms. The van der Waals surface area contributed by atoms with Crippen LogP contribution in [0.25, 0.3) is 0 Å². The van der Waals surface area contributed by atoms with Crippen molar-refractivity contribution < 1.29 is 14.2 Å². The van der Waals surface area contributed by atoms with Gasteiger partial charge in [0, 0.05) is 17.8 Å². The molecule has 1 heterocycles. The third-order valence-corrected chi connectivity index (χ3v) is 5.87. The van der Waals surface area contributed by atoms with E-state index in [1.54, 1.807) is 0 Å². The van der Waals surface area contributed by atoms with Crippen molar-refractivity contribution in [2.24, 2.45) is 0 Å². The van der Waals surface area contributed by atoms with Gasteiger partial charge in [-0.2, -0.15) is 0 Å². The largest absolute Gasteiger partial charge is 0.485 e. The minimum absolute atomic E-state index is 0.255. The van der Waals surface area contributed by atoms with Crippen molar-refractivity contribution in [3.8, 4) is 5.75 Å². The molecule has 2 atom stereocenters. The molecule has 3 aromatic carbocycles. The number of anilines is 1. The molecule has 0 bridgehead atoms. The summed E-state index contributed by atoms with van der Waals surface area (Å²) in [5.74, 6) is 0.842. The molecule has 4 nitrogen and oxygen atoms in total. The molecule has 1 aliphatic heterocycles. The number of hydrogen-bond donors (Lipinski definition) is 1. The fourth-order valence-corrected chi connectivity index (χ4v) is 4.12. The van der Waals surface area contributed by atoms with E-state index in [4.69, 9.17) is 14.2 Å². The lowest BCUT2D eigenvalue weighted by Gasteiger charge is -2.44. The molecule has 172 valence electrons. The van der Waals surface area contributed by atoms with E-state index in [1.807, 2.05) is 49.4 Å². The summed E-state index contributed by atoms with van der Waals surface area (Å²) in [5, 5.41) is 3.53. The summed E-state index contributed by atoms with van der Waals surface area (Å²) >= 11 is 0. The van der Waals surface area contributed by atoms with Gasteiger partial charge in [-0.3, -0.25) is 0 Å². The van der Waals surface area contributed by atoms with Crippen molar-refractivity contribution in [1.82, 2.24) is 0 Å². The van der Waals surface area contributed by atoms with Gasteiger partial charge in [0.15, 0.2) is 0 Å². The van der Waals surface area contributed by atoms with Gasteiger partial charge in [0.1, 0.15) is 23.6 Å². The SMILES string of the molecule is C/C=C/COC1C(OCc2ccccc2)c2cc(NCc3ccccc3)ccc2OC1(C)C. The normalized spacial score (nSPS) is 19.1. The molecule has 4 rings (SSSR count). The van der Waals surface area contributed by atoms with E-state index in [-0.39, 0.29) is 12.2 Å². The Kier molecular flexibility index (Phi) is 7.48. The molecule has 0 fully saturated rings. The van der Waals surface area contributed by atoms with Crippen LogP contribution < -0.4 is 10.1 Å². The highest BCUT2D eigenvalue weighted by molar-refractivity contribution is 5.54. The minimum Gasteiger partial charge on any atom is -0.485 e. The van der Waals surface area contributed by atoms with E-state index < -0.39 is 5.60 Å². The van der Waals surface area contributed by atoms with Crippen LogP contribution in [-0.2, 0) is 22.6 Å². The molecule has 1 aliphatic rings. The maximum absolute atomic E-state index is 6.54. The maximum Gasteiger partial charge on any atom is 0.132 e. The average Bonchev–Trinajstić information content (AvgIpc) is 2.83. The zero-order valence-corrected chi connectivity index (χ0v) is 19.7. The molecule has 33 heavy (non-hydrogen) atoms. The Labute approximate surface area is 197 Å². The Morgan fingerprint density at radius 1 is 0.909 bits per heavy atom. The van der Waals surface area contributed by atoms with Gasteiger partial charge in [0.2, 0.25) is 0 Å². The Balaban J connectivity index is 1.61. The maximum atomic E-state index is 6.54. The van der Waals surface area contributed by atoms with Gasteiger partial charge in [-0.15, -0.1) is 0 Å². The lowest BCUT2D eigenvalue weighted by Crippen LogP contribution is -2.51. The van der Waals surface area contributed by atoms with Gasteiger partial charge in [0.05, 0.1) is 13.2 Å².